The van der Waals surface area contributed by atoms with E-state index in [1.165, 1.54) is 0 Å². The Labute approximate surface area is 66.9 Å². The lowest BCUT2D eigenvalue weighted by Crippen LogP contribution is -1.92. The van der Waals surface area contributed by atoms with E-state index in [2.05, 4.69) is 4.98 Å². The Hall–Kier alpha value is -1.05. The van der Waals surface area contributed by atoms with Crippen LogP contribution in [0.15, 0.2) is 12.3 Å². The van der Waals surface area contributed by atoms with Crippen LogP contribution in [0, 0.1) is 6.92 Å². The van der Waals surface area contributed by atoms with Gasteiger partial charge >= 0.3 is 0 Å². The molecule has 1 rings (SSSR count). The zero-order valence-electron chi connectivity index (χ0n) is 7.13. The fourth-order valence-electron chi connectivity index (χ4n) is 1.01. The Morgan fingerprint density at radius 2 is 2.09 bits per heavy atom. The van der Waals surface area contributed by atoms with Gasteiger partial charge in [-0.2, -0.15) is 0 Å². The van der Waals surface area contributed by atoms with Crippen LogP contribution in [-0.2, 0) is 0 Å². The molecular weight excluding hydrogens is 138 g/mol. The summed E-state index contributed by atoms with van der Waals surface area (Å²) < 4.78 is 0. The predicted octanol–water partition coefficient (Wildman–Crippen LogP) is 2.22. The number of aromatic nitrogens is 1. The maximum atomic E-state index is 9.40. The van der Waals surface area contributed by atoms with Gasteiger partial charge in [-0.3, -0.25) is 4.98 Å². The number of hydrogen-bond donors (Lipinski definition) is 1. The van der Waals surface area contributed by atoms with Crippen LogP contribution in [0.1, 0.15) is 31.0 Å². The van der Waals surface area contributed by atoms with Gasteiger partial charge in [0.2, 0.25) is 0 Å². The van der Waals surface area contributed by atoms with Gasteiger partial charge in [-0.15, -0.1) is 0 Å². The van der Waals surface area contributed by atoms with E-state index in [9.17, 15) is 5.11 Å². The first-order valence-corrected chi connectivity index (χ1v) is 3.76. The smallest absolute Gasteiger partial charge is 0.137 e. The molecule has 1 heterocycles. The molecule has 0 saturated heterocycles. The third kappa shape index (κ3) is 1.70. The lowest BCUT2D eigenvalue weighted by atomic mass is 10.1. The van der Waals surface area contributed by atoms with E-state index in [4.69, 9.17) is 0 Å². The molecule has 0 bridgehead atoms. The first-order valence-electron chi connectivity index (χ1n) is 3.76. The average molecular weight is 151 g/mol. The normalized spacial score (nSPS) is 10.5. The lowest BCUT2D eigenvalue weighted by Gasteiger charge is -2.06. The molecule has 1 aromatic heterocycles. The van der Waals surface area contributed by atoms with Crippen molar-refractivity contribution in [3.05, 3.63) is 23.5 Å². The maximum Gasteiger partial charge on any atom is 0.137 e. The Balaban J connectivity index is 3.09. The van der Waals surface area contributed by atoms with Crippen LogP contribution >= 0.6 is 0 Å². The number of pyridine rings is 1. The quantitative estimate of drug-likeness (QED) is 0.667. The Kier molecular flexibility index (Phi) is 2.13. The van der Waals surface area contributed by atoms with E-state index in [0.29, 0.717) is 5.75 Å². The number of aromatic hydroxyl groups is 1. The largest absolute Gasteiger partial charge is 0.506 e. The highest BCUT2D eigenvalue weighted by molar-refractivity contribution is 5.31. The van der Waals surface area contributed by atoms with Gasteiger partial charge in [-0.25, -0.2) is 0 Å². The topological polar surface area (TPSA) is 33.1 Å². The molecule has 0 spiro atoms. The van der Waals surface area contributed by atoms with Crippen molar-refractivity contribution in [2.75, 3.05) is 0 Å². The minimum Gasteiger partial charge on any atom is -0.506 e. The van der Waals surface area contributed by atoms with Crippen molar-refractivity contribution < 1.29 is 5.11 Å². The van der Waals surface area contributed by atoms with E-state index in [-0.39, 0.29) is 5.92 Å². The summed E-state index contributed by atoms with van der Waals surface area (Å²) in [7, 11) is 0. The molecule has 0 atom stereocenters. The SMILES string of the molecule is Cc1cnc(C(C)C)c(O)c1. The van der Waals surface area contributed by atoms with Crippen LogP contribution in [-0.4, -0.2) is 10.1 Å². The minimum atomic E-state index is 0.288. The number of nitrogens with zero attached hydrogens (tertiary/aromatic N) is 1. The molecule has 1 aromatic rings. The van der Waals surface area contributed by atoms with E-state index < -0.39 is 0 Å². The van der Waals surface area contributed by atoms with Crippen LogP contribution in [0.3, 0.4) is 0 Å². The summed E-state index contributed by atoms with van der Waals surface area (Å²) in [6.07, 6.45) is 1.77. The lowest BCUT2D eigenvalue weighted by molar-refractivity contribution is 0.459. The highest BCUT2D eigenvalue weighted by Gasteiger charge is 2.05. The summed E-state index contributed by atoms with van der Waals surface area (Å²) in [5.74, 6) is 0.593. The zero-order chi connectivity index (χ0) is 8.43. The van der Waals surface area contributed by atoms with Crippen molar-refractivity contribution in [3.8, 4) is 5.75 Å². The first-order chi connectivity index (χ1) is 5.11. The fraction of sp³-hybridized carbons (Fsp3) is 0.444. The molecule has 2 heteroatoms. The van der Waals surface area contributed by atoms with Crippen LogP contribution < -0.4 is 0 Å². The summed E-state index contributed by atoms with van der Waals surface area (Å²) in [6.45, 7) is 5.94. The molecule has 0 amide bonds. The molecule has 0 aliphatic rings. The van der Waals surface area contributed by atoms with Crippen molar-refractivity contribution >= 4 is 0 Å². The first kappa shape index (κ1) is 8.05. The molecular formula is C9H13NO. The van der Waals surface area contributed by atoms with Gasteiger partial charge in [-0.1, -0.05) is 13.8 Å². The molecule has 0 radical (unpaired) electrons. The molecule has 0 aromatic carbocycles. The summed E-state index contributed by atoms with van der Waals surface area (Å²) in [4.78, 5) is 4.13. The Morgan fingerprint density at radius 1 is 1.45 bits per heavy atom. The van der Waals surface area contributed by atoms with Gasteiger partial charge in [0, 0.05) is 6.20 Å². The van der Waals surface area contributed by atoms with Crippen LogP contribution in [0.25, 0.3) is 0 Å². The molecule has 2 nitrogen and oxygen atoms in total. The van der Waals surface area contributed by atoms with Crippen molar-refractivity contribution in [2.24, 2.45) is 0 Å². The maximum absolute atomic E-state index is 9.40. The van der Waals surface area contributed by atoms with E-state index in [1.54, 1.807) is 12.3 Å². The second-order valence-corrected chi connectivity index (χ2v) is 3.07. The molecule has 0 aliphatic heterocycles. The average Bonchev–Trinajstić information content (AvgIpc) is 1.85. The Bertz CT molecular complexity index is 256. The number of hydrogen-bond acceptors (Lipinski definition) is 2. The minimum absolute atomic E-state index is 0.288. The highest BCUT2D eigenvalue weighted by atomic mass is 16.3. The van der Waals surface area contributed by atoms with Crippen molar-refractivity contribution in [3.63, 3.8) is 0 Å². The summed E-state index contributed by atoms with van der Waals surface area (Å²) in [5, 5.41) is 9.40. The standard InChI is InChI=1S/C9H13NO/c1-6(2)9-8(11)4-7(3)5-10-9/h4-6,11H,1-3H3. The third-order valence-corrected chi connectivity index (χ3v) is 1.58. The molecule has 0 unspecified atom stereocenters. The number of rotatable bonds is 1. The van der Waals surface area contributed by atoms with Gasteiger partial charge < -0.3 is 5.11 Å². The number of aryl methyl sites for hydroxylation is 1. The fourth-order valence-corrected chi connectivity index (χ4v) is 1.01. The third-order valence-electron chi connectivity index (χ3n) is 1.58. The molecule has 0 aliphatic carbocycles. The Morgan fingerprint density at radius 3 is 2.55 bits per heavy atom. The van der Waals surface area contributed by atoms with Gasteiger partial charge in [0.15, 0.2) is 0 Å². The van der Waals surface area contributed by atoms with E-state index in [0.717, 1.165) is 11.3 Å². The van der Waals surface area contributed by atoms with Crippen molar-refractivity contribution in [1.82, 2.24) is 4.98 Å². The van der Waals surface area contributed by atoms with Gasteiger partial charge in [0.1, 0.15) is 5.75 Å². The molecule has 0 saturated carbocycles. The van der Waals surface area contributed by atoms with Gasteiger partial charge in [-0.05, 0) is 24.5 Å². The van der Waals surface area contributed by atoms with Crippen LogP contribution in [0.5, 0.6) is 5.75 Å². The van der Waals surface area contributed by atoms with E-state index in [1.807, 2.05) is 20.8 Å². The monoisotopic (exact) mass is 151 g/mol. The van der Waals surface area contributed by atoms with Crippen LogP contribution in [0.2, 0.25) is 0 Å². The predicted molar refractivity (Wildman–Crippen MR) is 44.7 cm³/mol. The van der Waals surface area contributed by atoms with E-state index >= 15 is 0 Å². The van der Waals surface area contributed by atoms with Crippen molar-refractivity contribution in [1.29, 1.82) is 0 Å². The zero-order valence-corrected chi connectivity index (χ0v) is 7.13. The second kappa shape index (κ2) is 2.91. The van der Waals surface area contributed by atoms with Gasteiger partial charge in [0.05, 0.1) is 5.69 Å². The summed E-state index contributed by atoms with van der Waals surface area (Å²) in [5.41, 5.74) is 1.77. The molecule has 0 fully saturated rings. The molecule has 1 N–H and O–H groups in total. The highest BCUT2D eigenvalue weighted by Crippen LogP contribution is 2.22. The van der Waals surface area contributed by atoms with Crippen LogP contribution in [0.4, 0.5) is 0 Å². The molecule has 11 heavy (non-hydrogen) atoms. The summed E-state index contributed by atoms with van der Waals surface area (Å²) in [6, 6.07) is 1.74. The van der Waals surface area contributed by atoms with Crippen molar-refractivity contribution in [2.45, 2.75) is 26.7 Å². The summed E-state index contributed by atoms with van der Waals surface area (Å²) >= 11 is 0. The molecule has 60 valence electrons. The van der Waals surface area contributed by atoms with Gasteiger partial charge in [0.25, 0.3) is 0 Å². The second-order valence-electron chi connectivity index (χ2n) is 3.07.